The topological polar surface area (TPSA) is 70.2 Å². The highest BCUT2D eigenvalue weighted by Crippen LogP contribution is 2.26. The summed E-state index contributed by atoms with van der Waals surface area (Å²) in [6.07, 6.45) is 3.78. The van der Waals surface area contributed by atoms with E-state index in [1.165, 1.54) is 24.1 Å². The van der Waals surface area contributed by atoms with Gasteiger partial charge in [0.05, 0.1) is 35.9 Å². The first kappa shape index (κ1) is 16.8. The second-order valence-corrected chi connectivity index (χ2v) is 8.15. The van der Waals surface area contributed by atoms with Gasteiger partial charge in [-0.15, -0.1) is 11.3 Å². The van der Waals surface area contributed by atoms with E-state index < -0.39 is 0 Å². The van der Waals surface area contributed by atoms with Crippen LogP contribution in [0.3, 0.4) is 0 Å². The standard InChI is InChI=1S/C18H24N4O2S/c1-12-5-6-17(25-12)13-9-14(21-20-13)18(23)19-15-10-24-11-16(15)22-7-3-2-4-8-22/h5-6,9,15-16H,2-4,7-8,10-11H2,1H3,(H,19,23)(H,20,21). The first-order valence-corrected chi connectivity index (χ1v) is 9.77. The Morgan fingerprint density at radius 3 is 2.92 bits per heavy atom. The van der Waals surface area contributed by atoms with Crippen LogP contribution in [0, 0.1) is 6.92 Å². The van der Waals surface area contributed by atoms with Crippen molar-refractivity contribution >= 4 is 17.2 Å². The highest BCUT2D eigenvalue weighted by molar-refractivity contribution is 7.15. The van der Waals surface area contributed by atoms with Crippen LogP contribution in [0.15, 0.2) is 18.2 Å². The molecule has 134 valence electrons. The summed E-state index contributed by atoms with van der Waals surface area (Å²) in [6.45, 7) is 5.55. The van der Waals surface area contributed by atoms with Gasteiger partial charge < -0.3 is 10.1 Å². The number of H-pyrrole nitrogens is 1. The van der Waals surface area contributed by atoms with Gasteiger partial charge in [0.2, 0.25) is 0 Å². The van der Waals surface area contributed by atoms with Crippen LogP contribution in [0.25, 0.3) is 10.6 Å². The number of carbonyl (C=O) groups is 1. The zero-order valence-electron chi connectivity index (χ0n) is 14.5. The number of rotatable bonds is 4. The van der Waals surface area contributed by atoms with Gasteiger partial charge in [-0.05, 0) is 51.1 Å². The van der Waals surface area contributed by atoms with E-state index in [1.807, 2.05) is 12.1 Å². The number of aromatic amines is 1. The van der Waals surface area contributed by atoms with Crippen LogP contribution in [0.5, 0.6) is 0 Å². The van der Waals surface area contributed by atoms with Gasteiger partial charge in [-0.2, -0.15) is 5.10 Å². The van der Waals surface area contributed by atoms with E-state index >= 15 is 0 Å². The van der Waals surface area contributed by atoms with Gasteiger partial charge in [-0.3, -0.25) is 14.8 Å². The minimum atomic E-state index is -0.131. The van der Waals surface area contributed by atoms with Crippen LogP contribution in [0.2, 0.25) is 0 Å². The lowest BCUT2D eigenvalue weighted by atomic mass is 10.0. The molecule has 6 nitrogen and oxygen atoms in total. The van der Waals surface area contributed by atoms with Crippen LogP contribution in [-0.4, -0.2) is 59.4 Å². The fraction of sp³-hybridized carbons (Fsp3) is 0.556. The number of nitrogens with zero attached hydrogens (tertiary/aromatic N) is 2. The molecule has 2 saturated heterocycles. The number of nitrogens with one attached hydrogen (secondary N) is 2. The Morgan fingerprint density at radius 1 is 1.32 bits per heavy atom. The first-order chi connectivity index (χ1) is 12.2. The van der Waals surface area contributed by atoms with Crippen molar-refractivity contribution in [2.45, 2.75) is 38.3 Å². The SMILES string of the molecule is Cc1ccc(-c2cc(C(=O)NC3COCC3N3CCCCC3)n[nH]2)s1. The Bertz CT molecular complexity index is 735. The molecule has 0 aromatic carbocycles. The molecule has 2 aliphatic heterocycles. The van der Waals surface area contributed by atoms with Crippen molar-refractivity contribution in [1.82, 2.24) is 20.4 Å². The molecule has 2 atom stereocenters. The summed E-state index contributed by atoms with van der Waals surface area (Å²) in [7, 11) is 0. The Labute approximate surface area is 151 Å². The number of piperidine rings is 1. The second-order valence-electron chi connectivity index (χ2n) is 6.86. The summed E-state index contributed by atoms with van der Waals surface area (Å²) in [5.41, 5.74) is 1.32. The van der Waals surface area contributed by atoms with Gasteiger partial charge in [0.25, 0.3) is 5.91 Å². The molecular formula is C18H24N4O2S. The normalized spacial score (nSPS) is 24.5. The molecule has 25 heavy (non-hydrogen) atoms. The van der Waals surface area contributed by atoms with Gasteiger partial charge in [0, 0.05) is 4.88 Å². The largest absolute Gasteiger partial charge is 0.378 e. The smallest absolute Gasteiger partial charge is 0.272 e. The van der Waals surface area contributed by atoms with Crippen molar-refractivity contribution in [3.8, 4) is 10.6 Å². The highest BCUT2D eigenvalue weighted by Gasteiger charge is 2.35. The van der Waals surface area contributed by atoms with Gasteiger partial charge >= 0.3 is 0 Å². The molecule has 2 unspecified atom stereocenters. The third kappa shape index (κ3) is 3.63. The summed E-state index contributed by atoms with van der Waals surface area (Å²) < 4.78 is 5.65. The lowest BCUT2D eigenvalue weighted by Crippen LogP contribution is -2.52. The minimum absolute atomic E-state index is 0.0368. The number of amides is 1. The summed E-state index contributed by atoms with van der Waals surface area (Å²) in [6, 6.07) is 6.26. The minimum Gasteiger partial charge on any atom is -0.378 e. The molecule has 7 heteroatoms. The monoisotopic (exact) mass is 360 g/mol. The average molecular weight is 360 g/mol. The fourth-order valence-electron chi connectivity index (χ4n) is 3.68. The van der Waals surface area contributed by atoms with Crippen molar-refractivity contribution in [3.05, 3.63) is 28.8 Å². The zero-order valence-corrected chi connectivity index (χ0v) is 15.3. The molecule has 2 fully saturated rings. The van der Waals surface area contributed by atoms with E-state index in [9.17, 15) is 4.79 Å². The zero-order chi connectivity index (χ0) is 17.2. The Kier molecular flexibility index (Phi) is 4.87. The van der Waals surface area contributed by atoms with Crippen LogP contribution < -0.4 is 5.32 Å². The van der Waals surface area contributed by atoms with E-state index in [-0.39, 0.29) is 18.0 Å². The number of likely N-dealkylation sites (tertiary alicyclic amines) is 1. The van der Waals surface area contributed by atoms with E-state index in [0.29, 0.717) is 18.9 Å². The van der Waals surface area contributed by atoms with Gasteiger partial charge in [-0.1, -0.05) is 6.42 Å². The molecule has 0 spiro atoms. The van der Waals surface area contributed by atoms with E-state index in [2.05, 4.69) is 33.4 Å². The van der Waals surface area contributed by atoms with Crippen molar-refractivity contribution in [2.75, 3.05) is 26.3 Å². The lowest BCUT2D eigenvalue weighted by molar-refractivity contribution is 0.0895. The molecule has 2 aromatic rings. The molecule has 2 aliphatic rings. The molecule has 4 rings (SSSR count). The Hall–Kier alpha value is -1.70. The van der Waals surface area contributed by atoms with Crippen LogP contribution >= 0.6 is 11.3 Å². The molecule has 0 aliphatic carbocycles. The van der Waals surface area contributed by atoms with Gasteiger partial charge in [0.1, 0.15) is 0 Å². The van der Waals surface area contributed by atoms with E-state index in [0.717, 1.165) is 23.7 Å². The van der Waals surface area contributed by atoms with Crippen molar-refractivity contribution in [3.63, 3.8) is 0 Å². The maximum absolute atomic E-state index is 12.6. The summed E-state index contributed by atoms with van der Waals surface area (Å²) in [5, 5.41) is 10.3. The van der Waals surface area contributed by atoms with Crippen molar-refractivity contribution in [2.24, 2.45) is 0 Å². The summed E-state index contributed by atoms with van der Waals surface area (Å²) in [4.78, 5) is 17.4. The predicted molar refractivity (Wildman–Crippen MR) is 97.9 cm³/mol. The highest BCUT2D eigenvalue weighted by atomic mass is 32.1. The van der Waals surface area contributed by atoms with Crippen LogP contribution in [-0.2, 0) is 4.74 Å². The number of carbonyl (C=O) groups excluding carboxylic acids is 1. The maximum Gasteiger partial charge on any atom is 0.272 e. The maximum atomic E-state index is 12.6. The van der Waals surface area contributed by atoms with Crippen LogP contribution in [0.1, 0.15) is 34.6 Å². The number of aryl methyl sites for hydroxylation is 1. The summed E-state index contributed by atoms with van der Waals surface area (Å²) in [5.74, 6) is -0.131. The second kappa shape index (κ2) is 7.27. The quantitative estimate of drug-likeness (QED) is 0.879. The molecule has 1 amide bonds. The van der Waals surface area contributed by atoms with Gasteiger partial charge in [-0.25, -0.2) is 0 Å². The number of hydrogen-bond donors (Lipinski definition) is 2. The molecule has 0 saturated carbocycles. The number of thiophene rings is 1. The Balaban J connectivity index is 1.42. The van der Waals surface area contributed by atoms with Gasteiger partial charge in [0.15, 0.2) is 5.69 Å². The number of aromatic nitrogens is 2. The molecule has 2 N–H and O–H groups in total. The Morgan fingerprint density at radius 2 is 2.16 bits per heavy atom. The van der Waals surface area contributed by atoms with Crippen LogP contribution in [0.4, 0.5) is 0 Å². The molecule has 0 bridgehead atoms. The first-order valence-electron chi connectivity index (χ1n) is 8.95. The molecule has 2 aromatic heterocycles. The van der Waals surface area contributed by atoms with Crippen molar-refractivity contribution < 1.29 is 9.53 Å². The fourth-order valence-corrected chi connectivity index (χ4v) is 4.51. The molecule has 0 radical (unpaired) electrons. The number of hydrogen-bond acceptors (Lipinski definition) is 5. The predicted octanol–water partition coefficient (Wildman–Crippen LogP) is 2.43. The molecular weight excluding hydrogens is 336 g/mol. The third-order valence-corrected chi connectivity index (χ3v) is 6.08. The summed E-state index contributed by atoms with van der Waals surface area (Å²) >= 11 is 1.69. The average Bonchev–Trinajstić information content (AvgIpc) is 3.35. The third-order valence-electron chi connectivity index (χ3n) is 5.04. The van der Waals surface area contributed by atoms with E-state index in [4.69, 9.17) is 4.74 Å². The molecule has 4 heterocycles. The van der Waals surface area contributed by atoms with E-state index in [1.54, 1.807) is 11.3 Å². The van der Waals surface area contributed by atoms with Crippen molar-refractivity contribution in [1.29, 1.82) is 0 Å². The number of ether oxygens (including phenoxy) is 1. The lowest BCUT2D eigenvalue weighted by Gasteiger charge is -2.34.